The molecule has 1 saturated heterocycles. The number of nitrogens with zero attached hydrogens (tertiary/aromatic N) is 5. The number of imidazole rings is 1. The normalized spacial score (nSPS) is 15.1. The van der Waals surface area contributed by atoms with Crippen LogP contribution in [0.25, 0.3) is 11.2 Å². The lowest BCUT2D eigenvalue weighted by molar-refractivity contribution is -0.132. The smallest absolute Gasteiger partial charge is 0.332 e. The zero-order valence-electron chi connectivity index (χ0n) is 17.5. The molecule has 158 valence electrons. The molecule has 2 aromatic heterocycles. The Morgan fingerprint density at radius 2 is 1.77 bits per heavy atom. The van der Waals surface area contributed by atoms with Gasteiger partial charge in [-0.3, -0.25) is 18.7 Å². The molecular weight excluding hydrogens is 382 g/mol. The number of likely N-dealkylation sites (tertiary alicyclic amines) is 1. The van der Waals surface area contributed by atoms with Gasteiger partial charge in [0.15, 0.2) is 11.2 Å². The predicted octanol–water partition coefficient (Wildman–Crippen LogP) is 1.31. The molecule has 3 aromatic rings. The van der Waals surface area contributed by atoms with Gasteiger partial charge < -0.3 is 9.47 Å². The molecule has 0 bridgehead atoms. The number of hydrogen-bond acceptors (Lipinski definition) is 4. The fourth-order valence-corrected chi connectivity index (χ4v) is 4.27. The van der Waals surface area contributed by atoms with Gasteiger partial charge in [-0.2, -0.15) is 0 Å². The number of aryl methyl sites for hydroxylation is 2. The molecule has 0 radical (unpaired) electrons. The molecule has 1 aromatic carbocycles. The molecular formula is C22H27N5O3. The zero-order chi connectivity index (χ0) is 21.3. The molecule has 1 amide bonds. The molecule has 0 unspecified atom stereocenters. The molecule has 3 heterocycles. The third-order valence-corrected chi connectivity index (χ3v) is 6.12. The van der Waals surface area contributed by atoms with Crippen LogP contribution in [0, 0.1) is 5.92 Å². The Hall–Kier alpha value is -3.16. The molecule has 8 nitrogen and oxygen atoms in total. The zero-order valence-corrected chi connectivity index (χ0v) is 17.5. The molecule has 0 aliphatic carbocycles. The Morgan fingerprint density at radius 3 is 2.47 bits per heavy atom. The summed E-state index contributed by atoms with van der Waals surface area (Å²) >= 11 is 0. The average molecular weight is 409 g/mol. The molecule has 0 spiro atoms. The van der Waals surface area contributed by atoms with Crippen LogP contribution in [0.5, 0.6) is 0 Å². The molecule has 4 rings (SSSR count). The fraction of sp³-hybridized carbons (Fsp3) is 0.455. The lowest BCUT2D eigenvalue weighted by Crippen LogP contribution is -2.39. The number of benzene rings is 1. The van der Waals surface area contributed by atoms with Crippen LogP contribution in [0.3, 0.4) is 0 Å². The number of rotatable bonds is 5. The summed E-state index contributed by atoms with van der Waals surface area (Å²) < 4.78 is 4.10. The number of amides is 1. The number of aromatic nitrogens is 4. The fourth-order valence-electron chi connectivity index (χ4n) is 4.27. The molecule has 1 fully saturated rings. The quantitative estimate of drug-likeness (QED) is 0.636. The molecule has 0 saturated carbocycles. The van der Waals surface area contributed by atoms with Crippen molar-refractivity contribution in [2.45, 2.75) is 32.2 Å². The van der Waals surface area contributed by atoms with Crippen molar-refractivity contribution in [3.8, 4) is 0 Å². The molecule has 30 heavy (non-hydrogen) atoms. The van der Waals surface area contributed by atoms with Gasteiger partial charge in [-0.15, -0.1) is 0 Å². The summed E-state index contributed by atoms with van der Waals surface area (Å²) in [6, 6.07) is 10.5. The van der Waals surface area contributed by atoms with E-state index >= 15 is 0 Å². The predicted molar refractivity (Wildman–Crippen MR) is 114 cm³/mol. The van der Waals surface area contributed by atoms with E-state index in [1.54, 1.807) is 11.6 Å². The van der Waals surface area contributed by atoms with Gasteiger partial charge in [0.2, 0.25) is 5.91 Å². The van der Waals surface area contributed by atoms with E-state index in [4.69, 9.17) is 0 Å². The maximum atomic E-state index is 12.7. The average Bonchev–Trinajstić information content (AvgIpc) is 3.20. The molecule has 0 atom stereocenters. The molecule has 1 aliphatic rings. The summed E-state index contributed by atoms with van der Waals surface area (Å²) in [4.78, 5) is 43.4. The van der Waals surface area contributed by atoms with Crippen molar-refractivity contribution >= 4 is 17.1 Å². The Bertz CT molecular complexity index is 1170. The molecule has 1 aliphatic heterocycles. The second kappa shape index (κ2) is 8.30. The second-order valence-corrected chi connectivity index (χ2v) is 8.08. The van der Waals surface area contributed by atoms with Crippen LogP contribution in [-0.4, -0.2) is 42.6 Å². The third kappa shape index (κ3) is 3.81. The summed E-state index contributed by atoms with van der Waals surface area (Å²) in [5, 5.41) is 0. The SMILES string of the molecule is Cn1c(=O)c2c(ncn2CCC(=O)N2CCC(Cc3ccccc3)CC2)n(C)c1=O. The van der Waals surface area contributed by atoms with E-state index in [0.717, 1.165) is 36.9 Å². The summed E-state index contributed by atoms with van der Waals surface area (Å²) in [6.07, 6.45) is 4.92. The first-order chi connectivity index (χ1) is 14.5. The number of carbonyl (C=O) groups is 1. The van der Waals surface area contributed by atoms with Gasteiger partial charge in [0.05, 0.1) is 6.33 Å². The van der Waals surface area contributed by atoms with Crippen LogP contribution in [0.1, 0.15) is 24.8 Å². The maximum absolute atomic E-state index is 12.7. The topological polar surface area (TPSA) is 82.1 Å². The highest BCUT2D eigenvalue weighted by Gasteiger charge is 2.23. The van der Waals surface area contributed by atoms with E-state index in [1.807, 2.05) is 11.0 Å². The summed E-state index contributed by atoms with van der Waals surface area (Å²) in [5.74, 6) is 0.704. The van der Waals surface area contributed by atoms with Crippen molar-refractivity contribution in [3.63, 3.8) is 0 Å². The minimum Gasteiger partial charge on any atom is -0.343 e. The number of piperidine rings is 1. The lowest BCUT2D eigenvalue weighted by atomic mass is 9.90. The van der Waals surface area contributed by atoms with Crippen LogP contribution in [0.2, 0.25) is 0 Å². The first-order valence-corrected chi connectivity index (χ1v) is 10.4. The van der Waals surface area contributed by atoms with Crippen LogP contribution in [-0.2, 0) is 31.9 Å². The van der Waals surface area contributed by atoms with Crippen molar-refractivity contribution in [1.29, 1.82) is 0 Å². The Balaban J connectivity index is 1.37. The lowest BCUT2D eigenvalue weighted by Gasteiger charge is -2.32. The van der Waals surface area contributed by atoms with E-state index in [9.17, 15) is 14.4 Å². The Kier molecular flexibility index (Phi) is 5.57. The van der Waals surface area contributed by atoms with Gasteiger partial charge in [-0.05, 0) is 30.7 Å². The minimum absolute atomic E-state index is 0.0941. The molecule has 0 N–H and O–H groups in total. The van der Waals surface area contributed by atoms with Crippen molar-refractivity contribution in [1.82, 2.24) is 23.6 Å². The Morgan fingerprint density at radius 1 is 1.07 bits per heavy atom. The van der Waals surface area contributed by atoms with Gasteiger partial charge in [0, 0.05) is 40.2 Å². The van der Waals surface area contributed by atoms with Crippen LogP contribution in [0.15, 0.2) is 46.2 Å². The van der Waals surface area contributed by atoms with Crippen molar-refractivity contribution in [3.05, 3.63) is 63.1 Å². The van der Waals surface area contributed by atoms with Gasteiger partial charge in [0.1, 0.15) is 0 Å². The van der Waals surface area contributed by atoms with Crippen molar-refractivity contribution in [2.24, 2.45) is 20.0 Å². The van der Waals surface area contributed by atoms with E-state index in [0.29, 0.717) is 30.0 Å². The second-order valence-electron chi connectivity index (χ2n) is 8.08. The minimum atomic E-state index is -0.410. The number of hydrogen-bond donors (Lipinski definition) is 0. The van der Waals surface area contributed by atoms with E-state index in [-0.39, 0.29) is 11.5 Å². The van der Waals surface area contributed by atoms with Crippen LogP contribution in [0.4, 0.5) is 0 Å². The van der Waals surface area contributed by atoms with Crippen molar-refractivity contribution in [2.75, 3.05) is 13.1 Å². The summed E-state index contributed by atoms with van der Waals surface area (Å²) in [6.45, 7) is 1.92. The van der Waals surface area contributed by atoms with E-state index in [1.165, 1.54) is 23.5 Å². The summed E-state index contributed by atoms with van der Waals surface area (Å²) in [5.41, 5.74) is 1.25. The Labute approximate surface area is 174 Å². The maximum Gasteiger partial charge on any atom is 0.332 e. The molecule has 8 heteroatoms. The monoisotopic (exact) mass is 409 g/mol. The standard InChI is InChI=1S/C22H27N5O3/c1-24-20-19(21(29)25(2)22(24)30)27(15-23-20)13-10-18(28)26-11-8-17(9-12-26)14-16-6-4-3-5-7-16/h3-7,15,17H,8-14H2,1-2H3. The van der Waals surface area contributed by atoms with Gasteiger partial charge in [-0.1, -0.05) is 30.3 Å². The number of fused-ring (bicyclic) bond motifs is 1. The first-order valence-electron chi connectivity index (χ1n) is 10.4. The van der Waals surface area contributed by atoms with Gasteiger partial charge >= 0.3 is 5.69 Å². The van der Waals surface area contributed by atoms with Crippen molar-refractivity contribution < 1.29 is 4.79 Å². The third-order valence-electron chi connectivity index (χ3n) is 6.12. The van der Waals surface area contributed by atoms with E-state index in [2.05, 4.69) is 29.2 Å². The summed E-state index contributed by atoms with van der Waals surface area (Å²) in [7, 11) is 3.04. The van der Waals surface area contributed by atoms with Crippen LogP contribution < -0.4 is 11.2 Å². The number of carbonyl (C=O) groups excluding carboxylic acids is 1. The highest BCUT2D eigenvalue weighted by molar-refractivity contribution is 5.76. The van der Waals surface area contributed by atoms with Gasteiger partial charge in [0.25, 0.3) is 5.56 Å². The van der Waals surface area contributed by atoms with Crippen LogP contribution >= 0.6 is 0 Å². The van der Waals surface area contributed by atoms with Gasteiger partial charge in [-0.25, -0.2) is 9.78 Å². The van der Waals surface area contributed by atoms with E-state index < -0.39 is 5.69 Å². The highest BCUT2D eigenvalue weighted by atomic mass is 16.2. The highest BCUT2D eigenvalue weighted by Crippen LogP contribution is 2.22. The largest absolute Gasteiger partial charge is 0.343 e. The first kappa shape index (κ1) is 20.1.